The van der Waals surface area contributed by atoms with E-state index < -0.39 is 10.0 Å². The highest BCUT2D eigenvalue weighted by molar-refractivity contribution is 7.89. The van der Waals surface area contributed by atoms with Gasteiger partial charge < -0.3 is 14.4 Å². The van der Waals surface area contributed by atoms with E-state index in [0.29, 0.717) is 24.5 Å². The van der Waals surface area contributed by atoms with Crippen LogP contribution in [-0.4, -0.2) is 34.2 Å². The van der Waals surface area contributed by atoms with Gasteiger partial charge in [0.1, 0.15) is 0 Å². The van der Waals surface area contributed by atoms with Crippen LogP contribution >= 0.6 is 0 Å². The summed E-state index contributed by atoms with van der Waals surface area (Å²) in [6.07, 6.45) is 0.296. The number of fused-ring (bicyclic) bond motifs is 1. The third-order valence-electron chi connectivity index (χ3n) is 5.22. The highest BCUT2D eigenvalue weighted by Crippen LogP contribution is 2.37. The molecule has 0 saturated carbocycles. The van der Waals surface area contributed by atoms with Crippen molar-refractivity contribution in [2.75, 3.05) is 24.8 Å². The van der Waals surface area contributed by atoms with E-state index >= 15 is 0 Å². The van der Waals surface area contributed by atoms with Gasteiger partial charge in [0, 0.05) is 31.3 Å². The molecule has 1 N–H and O–H groups in total. The molecular weight excluding hydrogens is 380 g/mol. The first-order valence-electron chi connectivity index (χ1n) is 9.10. The molecule has 28 heavy (non-hydrogen) atoms. The maximum absolute atomic E-state index is 12.6. The molecule has 1 atom stereocenters. The van der Waals surface area contributed by atoms with Crippen LogP contribution in [0.5, 0.6) is 11.5 Å². The Morgan fingerprint density at radius 1 is 1.07 bits per heavy atom. The molecule has 2 aromatic rings. The van der Waals surface area contributed by atoms with Gasteiger partial charge in [0.25, 0.3) is 0 Å². The molecule has 0 spiro atoms. The van der Waals surface area contributed by atoms with E-state index in [1.807, 2.05) is 19.9 Å². The normalized spacial score (nSPS) is 18.7. The van der Waals surface area contributed by atoms with Crippen LogP contribution in [0.15, 0.2) is 41.3 Å². The number of anilines is 1. The monoisotopic (exact) mass is 402 g/mol. The quantitative estimate of drug-likeness (QED) is 0.830. The minimum Gasteiger partial charge on any atom is -0.454 e. The van der Waals surface area contributed by atoms with Gasteiger partial charge in [-0.15, -0.1) is 0 Å². The summed E-state index contributed by atoms with van der Waals surface area (Å²) in [6.45, 7) is 4.66. The molecule has 0 aromatic heterocycles. The van der Waals surface area contributed by atoms with Gasteiger partial charge in [-0.2, -0.15) is 0 Å². The Morgan fingerprint density at radius 2 is 1.86 bits per heavy atom. The van der Waals surface area contributed by atoms with E-state index in [1.54, 1.807) is 35.2 Å². The number of carbonyl (C=O) groups excluding carboxylic acids is 1. The van der Waals surface area contributed by atoms with Crippen LogP contribution in [0.3, 0.4) is 0 Å². The fourth-order valence-corrected chi connectivity index (χ4v) is 4.61. The van der Waals surface area contributed by atoms with Crippen LogP contribution in [0.1, 0.15) is 17.5 Å². The second-order valence-corrected chi connectivity index (χ2v) is 8.98. The van der Waals surface area contributed by atoms with Crippen LogP contribution in [0, 0.1) is 19.8 Å². The number of nitrogens with one attached hydrogen (secondary N) is 1. The van der Waals surface area contributed by atoms with E-state index in [1.165, 1.54) is 0 Å². The number of ether oxygens (including phenoxy) is 2. The summed E-state index contributed by atoms with van der Waals surface area (Å²) in [5.41, 5.74) is 2.70. The molecule has 8 heteroatoms. The molecule has 0 unspecified atom stereocenters. The Hall–Kier alpha value is -2.58. The van der Waals surface area contributed by atoms with Gasteiger partial charge in [0.05, 0.1) is 4.90 Å². The van der Waals surface area contributed by atoms with Crippen molar-refractivity contribution >= 4 is 21.6 Å². The summed E-state index contributed by atoms with van der Waals surface area (Å²) in [5.74, 6) is 1.14. The molecule has 1 fully saturated rings. The zero-order valence-corrected chi connectivity index (χ0v) is 16.6. The summed E-state index contributed by atoms with van der Waals surface area (Å²) in [6, 6.07) is 10.4. The number of nitrogens with zero attached hydrogens (tertiary/aromatic N) is 1. The van der Waals surface area contributed by atoms with Crippen LogP contribution in [0.25, 0.3) is 0 Å². The lowest BCUT2D eigenvalue weighted by Gasteiger charge is -2.17. The molecule has 0 radical (unpaired) electrons. The van der Waals surface area contributed by atoms with E-state index in [9.17, 15) is 13.2 Å². The van der Waals surface area contributed by atoms with Gasteiger partial charge in [0.15, 0.2) is 11.5 Å². The van der Waals surface area contributed by atoms with Gasteiger partial charge in [-0.25, -0.2) is 13.1 Å². The number of aryl methyl sites for hydroxylation is 2. The van der Waals surface area contributed by atoms with E-state index in [-0.39, 0.29) is 30.1 Å². The van der Waals surface area contributed by atoms with Gasteiger partial charge in [0.2, 0.25) is 22.7 Å². The first kappa shape index (κ1) is 18.8. The number of rotatable bonds is 5. The zero-order chi connectivity index (χ0) is 19.9. The molecule has 148 valence electrons. The molecule has 2 aliphatic heterocycles. The largest absolute Gasteiger partial charge is 0.454 e. The number of carbonyl (C=O) groups is 1. The van der Waals surface area contributed by atoms with E-state index in [0.717, 1.165) is 16.8 Å². The number of sulfonamides is 1. The third kappa shape index (κ3) is 3.57. The maximum atomic E-state index is 12.6. The molecule has 1 amide bonds. The summed E-state index contributed by atoms with van der Waals surface area (Å²) in [4.78, 5) is 14.3. The van der Waals surface area contributed by atoms with Gasteiger partial charge >= 0.3 is 0 Å². The van der Waals surface area contributed by atoms with Crippen molar-refractivity contribution in [1.82, 2.24) is 4.72 Å². The third-order valence-corrected chi connectivity index (χ3v) is 6.64. The van der Waals surface area contributed by atoms with Crippen molar-refractivity contribution in [3.05, 3.63) is 47.5 Å². The minimum atomic E-state index is -3.61. The van der Waals surface area contributed by atoms with Crippen molar-refractivity contribution in [1.29, 1.82) is 0 Å². The van der Waals surface area contributed by atoms with E-state index in [2.05, 4.69) is 4.72 Å². The number of benzene rings is 2. The minimum absolute atomic E-state index is 0.0331. The maximum Gasteiger partial charge on any atom is 0.240 e. The summed E-state index contributed by atoms with van der Waals surface area (Å²) < 4.78 is 38.5. The predicted molar refractivity (Wildman–Crippen MR) is 104 cm³/mol. The summed E-state index contributed by atoms with van der Waals surface area (Å²) in [7, 11) is -3.61. The molecule has 1 saturated heterocycles. The van der Waals surface area contributed by atoms with Crippen molar-refractivity contribution in [3.8, 4) is 11.5 Å². The molecule has 4 rings (SSSR count). The van der Waals surface area contributed by atoms with Crippen LogP contribution in [-0.2, 0) is 14.8 Å². The molecule has 2 heterocycles. The fraction of sp³-hybridized carbons (Fsp3) is 0.350. The van der Waals surface area contributed by atoms with Gasteiger partial charge in [-0.3, -0.25) is 4.79 Å². The first-order chi connectivity index (χ1) is 13.3. The highest BCUT2D eigenvalue weighted by atomic mass is 32.2. The second-order valence-electron chi connectivity index (χ2n) is 7.21. The summed E-state index contributed by atoms with van der Waals surface area (Å²) >= 11 is 0. The number of amides is 1. The molecule has 7 nitrogen and oxygen atoms in total. The lowest BCUT2D eigenvalue weighted by atomic mass is 10.1. The molecule has 0 bridgehead atoms. The molecular formula is C20H22N2O5S. The van der Waals surface area contributed by atoms with Crippen LogP contribution in [0.2, 0.25) is 0 Å². The smallest absolute Gasteiger partial charge is 0.240 e. The van der Waals surface area contributed by atoms with Crippen molar-refractivity contribution in [3.63, 3.8) is 0 Å². The number of hydrogen-bond acceptors (Lipinski definition) is 5. The summed E-state index contributed by atoms with van der Waals surface area (Å²) in [5, 5.41) is 0. The SMILES string of the molecule is Cc1ccc(S(=O)(=O)NC[C@H]2CC(=O)N(c3ccc4c(c3)OCO4)C2)cc1C. The highest BCUT2D eigenvalue weighted by Gasteiger charge is 2.32. The zero-order valence-electron chi connectivity index (χ0n) is 15.8. The lowest BCUT2D eigenvalue weighted by molar-refractivity contribution is -0.117. The van der Waals surface area contributed by atoms with Crippen molar-refractivity contribution < 1.29 is 22.7 Å². The molecule has 0 aliphatic carbocycles. The van der Waals surface area contributed by atoms with Crippen LogP contribution < -0.4 is 19.1 Å². The fourth-order valence-electron chi connectivity index (χ4n) is 3.41. The Kier molecular flexibility index (Phi) is 4.76. The average molecular weight is 402 g/mol. The van der Waals surface area contributed by atoms with Crippen molar-refractivity contribution in [2.45, 2.75) is 25.2 Å². The predicted octanol–water partition coefficient (Wildman–Crippen LogP) is 2.36. The average Bonchev–Trinajstić information content (AvgIpc) is 3.27. The Bertz CT molecular complexity index is 1030. The topological polar surface area (TPSA) is 84.9 Å². The van der Waals surface area contributed by atoms with Crippen LogP contribution in [0.4, 0.5) is 5.69 Å². The number of hydrogen-bond donors (Lipinski definition) is 1. The first-order valence-corrected chi connectivity index (χ1v) is 10.6. The second kappa shape index (κ2) is 7.10. The Morgan fingerprint density at radius 3 is 2.64 bits per heavy atom. The van der Waals surface area contributed by atoms with Gasteiger partial charge in [-0.1, -0.05) is 6.07 Å². The molecule has 2 aromatic carbocycles. The van der Waals surface area contributed by atoms with Gasteiger partial charge in [-0.05, 0) is 55.2 Å². The standard InChI is InChI=1S/C20H22N2O5S/c1-13-3-5-17(7-14(13)2)28(24,25)21-10-15-8-20(23)22(11-15)16-4-6-18-19(9-16)27-12-26-18/h3-7,9,15,21H,8,10-12H2,1-2H3/t15-/m1/s1. The Labute approximate surface area is 164 Å². The van der Waals surface area contributed by atoms with Crippen molar-refractivity contribution in [2.24, 2.45) is 5.92 Å². The molecule has 2 aliphatic rings. The van der Waals surface area contributed by atoms with E-state index in [4.69, 9.17) is 9.47 Å². The lowest BCUT2D eigenvalue weighted by Crippen LogP contribution is -2.31. The Balaban J connectivity index is 1.42.